The van der Waals surface area contributed by atoms with E-state index in [0.717, 1.165) is 28.4 Å². The van der Waals surface area contributed by atoms with Crippen LogP contribution < -0.4 is 10.1 Å². The Balaban J connectivity index is 1.48. The normalized spacial score (nSPS) is 11.3. The van der Waals surface area contributed by atoms with Gasteiger partial charge in [0.05, 0.1) is 18.6 Å². The summed E-state index contributed by atoms with van der Waals surface area (Å²) in [7, 11) is 1.63. The lowest BCUT2D eigenvalue weighted by atomic mass is 9.76. The number of amides is 1. The maximum Gasteiger partial charge on any atom is 0.230 e. The molecule has 3 aromatic carbocycles. The van der Waals surface area contributed by atoms with E-state index in [1.165, 1.54) is 11.8 Å². The lowest BCUT2D eigenvalue weighted by Gasteiger charge is -2.31. The third-order valence-corrected chi connectivity index (χ3v) is 6.84. The molecule has 1 N–H and O–H groups in total. The van der Waals surface area contributed by atoms with Crippen molar-refractivity contribution in [3.05, 3.63) is 102 Å². The first kappa shape index (κ1) is 23.6. The summed E-state index contributed by atoms with van der Waals surface area (Å²) < 4.78 is 7.41. The van der Waals surface area contributed by atoms with E-state index in [2.05, 4.69) is 46.7 Å². The van der Waals surface area contributed by atoms with Crippen LogP contribution in [-0.2, 0) is 10.2 Å². The van der Waals surface area contributed by atoms with Crippen LogP contribution in [0, 0.1) is 6.92 Å². The van der Waals surface area contributed by atoms with Gasteiger partial charge in [0.25, 0.3) is 0 Å². The van der Waals surface area contributed by atoms with E-state index in [4.69, 9.17) is 4.74 Å². The van der Waals surface area contributed by atoms with Crippen molar-refractivity contribution in [3.63, 3.8) is 0 Å². The van der Waals surface area contributed by atoms with Gasteiger partial charge in [-0.25, -0.2) is 0 Å². The van der Waals surface area contributed by atoms with E-state index in [-0.39, 0.29) is 17.1 Å². The first-order valence-electron chi connectivity index (χ1n) is 11.1. The number of thioether (sulfide) groups is 1. The van der Waals surface area contributed by atoms with Gasteiger partial charge >= 0.3 is 0 Å². The Kier molecular flexibility index (Phi) is 7.33. The Bertz CT molecular complexity index is 1200. The number of benzene rings is 3. The molecule has 1 aromatic heterocycles. The maximum absolute atomic E-state index is 12.9. The molecule has 6 nitrogen and oxygen atoms in total. The summed E-state index contributed by atoms with van der Waals surface area (Å²) >= 11 is 1.35. The highest BCUT2D eigenvalue weighted by Crippen LogP contribution is 2.32. The standard InChI is InChI=1S/C27H28N4O2S/c1-20-29-30-26(31(20)23-16-10-11-17-24(23)33-3)34-18-25(32)28-19-27(2,21-12-6-4-7-13-21)22-14-8-5-9-15-22/h4-17H,18-19H2,1-3H3,(H,28,32). The second-order valence-electron chi connectivity index (χ2n) is 8.17. The molecule has 7 heteroatoms. The van der Waals surface area contributed by atoms with Gasteiger partial charge in [0.15, 0.2) is 5.16 Å². The molecule has 0 bridgehead atoms. The fraction of sp³-hybridized carbons (Fsp3) is 0.222. The van der Waals surface area contributed by atoms with Gasteiger partial charge in [-0.1, -0.05) is 84.6 Å². The van der Waals surface area contributed by atoms with E-state index < -0.39 is 0 Å². The molecule has 0 unspecified atom stereocenters. The minimum Gasteiger partial charge on any atom is -0.495 e. The van der Waals surface area contributed by atoms with E-state index in [0.29, 0.717) is 11.7 Å². The van der Waals surface area contributed by atoms with Crippen LogP contribution in [-0.4, -0.2) is 40.1 Å². The molecule has 0 spiro atoms. The Morgan fingerprint density at radius 3 is 2.15 bits per heavy atom. The molecule has 4 aromatic rings. The van der Waals surface area contributed by atoms with Crippen molar-refractivity contribution < 1.29 is 9.53 Å². The number of nitrogens with one attached hydrogen (secondary N) is 1. The largest absolute Gasteiger partial charge is 0.495 e. The van der Waals surface area contributed by atoms with Gasteiger partial charge in [0.1, 0.15) is 11.6 Å². The number of carbonyl (C=O) groups excluding carboxylic acids is 1. The second-order valence-corrected chi connectivity index (χ2v) is 9.11. The highest BCUT2D eigenvalue weighted by atomic mass is 32.2. The number of methoxy groups -OCH3 is 1. The van der Waals surface area contributed by atoms with Crippen molar-refractivity contribution in [1.82, 2.24) is 20.1 Å². The van der Waals surface area contributed by atoms with Crippen LogP contribution in [0.25, 0.3) is 5.69 Å². The summed E-state index contributed by atoms with van der Waals surface area (Å²) in [5.74, 6) is 1.62. The predicted octanol–water partition coefficient (Wildman–Crippen LogP) is 4.80. The molecule has 34 heavy (non-hydrogen) atoms. The number of carbonyl (C=O) groups is 1. The molecule has 1 heterocycles. The molecule has 0 atom stereocenters. The van der Waals surface area contributed by atoms with Gasteiger partial charge in [-0.3, -0.25) is 9.36 Å². The first-order valence-corrected chi connectivity index (χ1v) is 12.1. The summed E-state index contributed by atoms with van der Waals surface area (Å²) in [6.07, 6.45) is 0. The van der Waals surface area contributed by atoms with Crippen LogP contribution in [0.1, 0.15) is 23.9 Å². The number of rotatable bonds is 9. The lowest BCUT2D eigenvalue weighted by molar-refractivity contribution is -0.118. The van der Waals surface area contributed by atoms with E-state index in [1.54, 1.807) is 7.11 Å². The summed E-state index contributed by atoms with van der Waals surface area (Å²) in [4.78, 5) is 12.9. The molecule has 0 aliphatic carbocycles. The predicted molar refractivity (Wildman–Crippen MR) is 136 cm³/mol. The quantitative estimate of drug-likeness (QED) is 0.355. The molecule has 0 radical (unpaired) electrons. The molecule has 4 rings (SSSR count). The number of para-hydroxylation sites is 2. The first-order chi connectivity index (χ1) is 16.5. The summed E-state index contributed by atoms with van der Waals surface area (Å²) in [6, 6.07) is 28.2. The number of aryl methyl sites for hydroxylation is 1. The lowest BCUT2D eigenvalue weighted by Crippen LogP contribution is -2.40. The number of hydrogen-bond donors (Lipinski definition) is 1. The van der Waals surface area contributed by atoms with Crippen LogP contribution in [0.2, 0.25) is 0 Å². The third kappa shape index (κ3) is 4.99. The fourth-order valence-corrected chi connectivity index (χ4v) is 4.79. The average molecular weight is 473 g/mol. The van der Waals surface area contributed by atoms with Gasteiger partial charge in [0, 0.05) is 12.0 Å². The molecule has 174 valence electrons. The van der Waals surface area contributed by atoms with Crippen molar-refractivity contribution in [1.29, 1.82) is 0 Å². The smallest absolute Gasteiger partial charge is 0.230 e. The van der Waals surface area contributed by atoms with Gasteiger partial charge in [-0.05, 0) is 37.1 Å². The third-order valence-electron chi connectivity index (χ3n) is 5.91. The second kappa shape index (κ2) is 10.6. The Morgan fingerprint density at radius 2 is 1.53 bits per heavy atom. The van der Waals surface area contributed by atoms with Gasteiger partial charge in [-0.2, -0.15) is 0 Å². The van der Waals surface area contributed by atoms with Gasteiger partial charge in [-0.15, -0.1) is 10.2 Å². The number of nitrogens with zero attached hydrogens (tertiary/aromatic N) is 3. The highest BCUT2D eigenvalue weighted by Gasteiger charge is 2.29. The molecule has 0 saturated carbocycles. The highest BCUT2D eigenvalue weighted by molar-refractivity contribution is 7.99. The van der Waals surface area contributed by atoms with Gasteiger partial charge < -0.3 is 10.1 Å². The summed E-state index contributed by atoms with van der Waals surface area (Å²) in [5.41, 5.74) is 2.80. The Labute approximate surface area is 204 Å². The molecule has 0 aliphatic rings. The Morgan fingerprint density at radius 1 is 0.941 bits per heavy atom. The Hall–Kier alpha value is -3.58. The van der Waals surface area contributed by atoms with Crippen molar-refractivity contribution in [2.24, 2.45) is 0 Å². The molecular formula is C27H28N4O2S. The van der Waals surface area contributed by atoms with Crippen molar-refractivity contribution in [2.45, 2.75) is 24.4 Å². The van der Waals surface area contributed by atoms with Crippen molar-refractivity contribution in [2.75, 3.05) is 19.4 Å². The maximum atomic E-state index is 12.9. The molecule has 1 amide bonds. The molecular weight excluding hydrogens is 444 g/mol. The minimum atomic E-state index is -0.350. The zero-order chi connectivity index (χ0) is 24.0. The average Bonchev–Trinajstić information content (AvgIpc) is 3.26. The van der Waals surface area contributed by atoms with Crippen LogP contribution in [0.4, 0.5) is 0 Å². The van der Waals surface area contributed by atoms with Crippen LogP contribution in [0.15, 0.2) is 90.1 Å². The number of ether oxygens (including phenoxy) is 1. The van der Waals surface area contributed by atoms with Crippen LogP contribution in [0.5, 0.6) is 5.75 Å². The molecule has 0 fully saturated rings. The summed E-state index contributed by atoms with van der Waals surface area (Å²) in [5, 5.41) is 12.3. The number of aromatic nitrogens is 3. The number of hydrogen-bond acceptors (Lipinski definition) is 5. The summed E-state index contributed by atoms with van der Waals surface area (Å²) in [6.45, 7) is 4.53. The van der Waals surface area contributed by atoms with E-state index >= 15 is 0 Å². The van der Waals surface area contributed by atoms with Crippen molar-refractivity contribution in [3.8, 4) is 11.4 Å². The van der Waals surface area contributed by atoms with E-state index in [9.17, 15) is 4.79 Å². The van der Waals surface area contributed by atoms with Crippen LogP contribution in [0.3, 0.4) is 0 Å². The van der Waals surface area contributed by atoms with Gasteiger partial charge in [0.2, 0.25) is 5.91 Å². The SMILES string of the molecule is COc1ccccc1-n1c(C)nnc1SCC(=O)NCC(C)(c1ccccc1)c1ccccc1. The minimum absolute atomic E-state index is 0.0599. The fourth-order valence-electron chi connectivity index (χ4n) is 3.97. The van der Waals surface area contributed by atoms with Crippen LogP contribution >= 0.6 is 11.8 Å². The topological polar surface area (TPSA) is 69.0 Å². The molecule has 0 saturated heterocycles. The zero-order valence-corrected chi connectivity index (χ0v) is 20.4. The van der Waals surface area contributed by atoms with E-state index in [1.807, 2.05) is 72.2 Å². The zero-order valence-electron chi connectivity index (χ0n) is 19.6. The molecule has 0 aliphatic heterocycles. The monoisotopic (exact) mass is 472 g/mol. The van der Waals surface area contributed by atoms with Crippen molar-refractivity contribution >= 4 is 17.7 Å².